The number of carbonyl (C=O) groups excluding carboxylic acids is 1. The van der Waals surface area contributed by atoms with Crippen molar-refractivity contribution in [2.75, 3.05) is 20.2 Å². The molecule has 0 spiro atoms. The molecule has 1 aliphatic heterocycles. The molecule has 0 atom stereocenters. The number of imidazole rings is 1. The molecule has 3 rings (SSSR count). The highest BCUT2D eigenvalue weighted by molar-refractivity contribution is 5.95. The van der Waals surface area contributed by atoms with Crippen LogP contribution in [0, 0.1) is 12.7 Å². The van der Waals surface area contributed by atoms with Crippen LogP contribution in [0.1, 0.15) is 22.2 Å². The number of amides is 1. The molecule has 1 fully saturated rings. The molecule has 0 saturated carbocycles. The van der Waals surface area contributed by atoms with Crippen LogP contribution in [-0.2, 0) is 0 Å². The van der Waals surface area contributed by atoms with Gasteiger partial charge in [-0.1, -0.05) is 0 Å². The van der Waals surface area contributed by atoms with Crippen molar-refractivity contribution in [3.8, 4) is 5.75 Å². The van der Waals surface area contributed by atoms with Gasteiger partial charge in [-0.3, -0.25) is 4.79 Å². The lowest BCUT2D eigenvalue weighted by atomic mass is 10.1. The summed E-state index contributed by atoms with van der Waals surface area (Å²) in [6, 6.07) is 4.52. The fourth-order valence-electron chi connectivity index (χ4n) is 2.55. The summed E-state index contributed by atoms with van der Waals surface area (Å²) < 4.78 is 20.5. The van der Waals surface area contributed by atoms with Gasteiger partial charge in [-0.05, 0) is 25.1 Å². The highest BCUT2D eigenvalue weighted by atomic mass is 19.1. The minimum absolute atomic E-state index is 0.141. The van der Waals surface area contributed by atoms with E-state index in [1.54, 1.807) is 17.2 Å². The number of aryl methyl sites for hydroxylation is 1. The third-order valence-corrected chi connectivity index (χ3v) is 3.80. The van der Waals surface area contributed by atoms with Gasteiger partial charge in [0.05, 0.1) is 13.2 Å². The van der Waals surface area contributed by atoms with Crippen molar-refractivity contribution < 1.29 is 13.9 Å². The Morgan fingerprint density at radius 3 is 2.76 bits per heavy atom. The van der Waals surface area contributed by atoms with E-state index in [0.29, 0.717) is 18.7 Å². The number of hydrogen-bond acceptors (Lipinski definition) is 3. The highest BCUT2D eigenvalue weighted by Gasteiger charge is 2.33. The van der Waals surface area contributed by atoms with Crippen LogP contribution in [0.15, 0.2) is 30.6 Å². The van der Waals surface area contributed by atoms with Crippen LogP contribution in [0.5, 0.6) is 5.75 Å². The number of nitrogens with zero attached hydrogens (tertiary/aromatic N) is 3. The second kappa shape index (κ2) is 5.20. The van der Waals surface area contributed by atoms with Crippen LogP contribution in [0.3, 0.4) is 0 Å². The van der Waals surface area contributed by atoms with E-state index in [2.05, 4.69) is 9.55 Å². The fraction of sp³-hybridized carbons (Fsp3) is 0.333. The summed E-state index contributed by atoms with van der Waals surface area (Å²) in [5.41, 5.74) is 0.342. The van der Waals surface area contributed by atoms with Gasteiger partial charge in [0.25, 0.3) is 5.91 Å². The van der Waals surface area contributed by atoms with Crippen LogP contribution >= 0.6 is 0 Å². The highest BCUT2D eigenvalue weighted by Crippen LogP contribution is 2.25. The number of halogens is 1. The van der Waals surface area contributed by atoms with Gasteiger partial charge < -0.3 is 14.2 Å². The maximum absolute atomic E-state index is 13.6. The molecule has 1 amide bonds. The number of aromatic nitrogens is 2. The van der Waals surface area contributed by atoms with E-state index >= 15 is 0 Å². The molecular formula is C15H16FN3O2. The molecule has 0 radical (unpaired) electrons. The minimum Gasteiger partial charge on any atom is -0.494 e. The zero-order valence-corrected chi connectivity index (χ0v) is 11.9. The van der Waals surface area contributed by atoms with Crippen molar-refractivity contribution in [2.24, 2.45) is 0 Å². The van der Waals surface area contributed by atoms with E-state index in [1.165, 1.54) is 19.2 Å². The number of benzene rings is 1. The van der Waals surface area contributed by atoms with Gasteiger partial charge in [0.1, 0.15) is 5.82 Å². The fourth-order valence-corrected chi connectivity index (χ4v) is 2.55. The Bertz CT molecular complexity index is 677. The number of methoxy groups -OCH3 is 1. The monoisotopic (exact) mass is 289 g/mol. The van der Waals surface area contributed by atoms with Gasteiger partial charge in [0.15, 0.2) is 11.6 Å². The van der Waals surface area contributed by atoms with Gasteiger partial charge in [0.2, 0.25) is 0 Å². The van der Waals surface area contributed by atoms with E-state index in [0.717, 1.165) is 5.82 Å². The van der Waals surface area contributed by atoms with Gasteiger partial charge in [-0.15, -0.1) is 0 Å². The predicted octanol–water partition coefficient (Wildman–Crippen LogP) is 2.04. The zero-order valence-electron chi connectivity index (χ0n) is 11.9. The van der Waals surface area contributed by atoms with Crippen LogP contribution in [0.2, 0.25) is 0 Å². The molecule has 5 nitrogen and oxygen atoms in total. The lowest BCUT2D eigenvalue weighted by Gasteiger charge is -2.40. The summed E-state index contributed by atoms with van der Waals surface area (Å²) in [4.78, 5) is 18.1. The van der Waals surface area contributed by atoms with Crippen molar-refractivity contribution in [1.82, 2.24) is 14.5 Å². The average molecular weight is 289 g/mol. The Morgan fingerprint density at radius 1 is 1.43 bits per heavy atom. The average Bonchev–Trinajstić information content (AvgIpc) is 2.83. The van der Waals surface area contributed by atoms with Crippen molar-refractivity contribution in [1.29, 1.82) is 0 Å². The first kappa shape index (κ1) is 13.6. The van der Waals surface area contributed by atoms with Crippen LogP contribution in [0.25, 0.3) is 0 Å². The predicted molar refractivity (Wildman–Crippen MR) is 74.9 cm³/mol. The maximum atomic E-state index is 13.6. The Morgan fingerprint density at radius 2 is 2.19 bits per heavy atom. The quantitative estimate of drug-likeness (QED) is 0.868. The summed E-state index contributed by atoms with van der Waals surface area (Å²) >= 11 is 0. The Balaban J connectivity index is 1.68. The summed E-state index contributed by atoms with van der Waals surface area (Å²) in [5, 5.41) is 0. The van der Waals surface area contributed by atoms with E-state index in [4.69, 9.17) is 4.74 Å². The smallest absolute Gasteiger partial charge is 0.254 e. The Hall–Kier alpha value is -2.37. The molecule has 1 aromatic carbocycles. The van der Waals surface area contributed by atoms with E-state index in [9.17, 15) is 9.18 Å². The molecule has 0 aliphatic carbocycles. The standard InChI is InChI=1S/C15H16FN3O2/c1-10-17-5-6-19(10)12-8-18(9-12)15(20)11-3-4-14(21-2)13(16)7-11/h3-7,12H,8-9H2,1-2H3. The molecule has 6 heteroatoms. The number of likely N-dealkylation sites (tertiary alicyclic amines) is 1. The van der Waals surface area contributed by atoms with Crippen molar-refractivity contribution in [3.63, 3.8) is 0 Å². The molecule has 1 saturated heterocycles. The van der Waals surface area contributed by atoms with Crippen LogP contribution < -0.4 is 4.74 Å². The number of hydrogen-bond donors (Lipinski definition) is 0. The Kier molecular flexibility index (Phi) is 3.37. The lowest BCUT2D eigenvalue weighted by molar-refractivity contribution is 0.0517. The van der Waals surface area contributed by atoms with Gasteiger partial charge in [-0.2, -0.15) is 0 Å². The summed E-state index contributed by atoms with van der Waals surface area (Å²) in [6.07, 6.45) is 3.66. The second-order valence-electron chi connectivity index (χ2n) is 5.10. The van der Waals surface area contributed by atoms with Crippen molar-refractivity contribution in [3.05, 3.63) is 47.8 Å². The first-order valence-corrected chi connectivity index (χ1v) is 6.72. The molecule has 0 N–H and O–H groups in total. The molecule has 21 heavy (non-hydrogen) atoms. The van der Waals surface area contributed by atoms with Crippen molar-refractivity contribution >= 4 is 5.91 Å². The SMILES string of the molecule is COc1ccc(C(=O)N2CC(n3ccnc3C)C2)cc1F. The molecular weight excluding hydrogens is 273 g/mol. The molecule has 2 heterocycles. The number of ether oxygens (including phenoxy) is 1. The van der Waals surface area contributed by atoms with Crippen LogP contribution in [-0.4, -0.2) is 40.6 Å². The largest absolute Gasteiger partial charge is 0.494 e. The molecule has 0 unspecified atom stereocenters. The molecule has 110 valence electrons. The Labute approximate surface area is 122 Å². The van der Waals surface area contributed by atoms with Gasteiger partial charge >= 0.3 is 0 Å². The molecule has 0 bridgehead atoms. The minimum atomic E-state index is -0.522. The summed E-state index contributed by atoms with van der Waals surface area (Å²) in [6.45, 7) is 3.16. The molecule has 1 aliphatic rings. The third kappa shape index (κ3) is 2.37. The number of carbonyl (C=O) groups is 1. The van der Waals surface area contributed by atoms with Crippen LogP contribution in [0.4, 0.5) is 4.39 Å². The lowest BCUT2D eigenvalue weighted by Crippen LogP contribution is -2.50. The van der Waals surface area contributed by atoms with Crippen molar-refractivity contribution in [2.45, 2.75) is 13.0 Å². The third-order valence-electron chi connectivity index (χ3n) is 3.80. The van der Waals surface area contributed by atoms with E-state index < -0.39 is 5.82 Å². The topological polar surface area (TPSA) is 47.4 Å². The van der Waals surface area contributed by atoms with E-state index in [1.807, 2.05) is 13.1 Å². The second-order valence-corrected chi connectivity index (χ2v) is 5.10. The summed E-state index contributed by atoms with van der Waals surface area (Å²) in [5.74, 6) is 0.390. The molecule has 1 aromatic heterocycles. The van der Waals surface area contributed by atoms with E-state index in [-0.39, 0.29) is 17.7 Å². The summed E-state index contributed by atoms with van der Waals surface area (Å²) in [7, 11) is 1.40. The zero-order chi connectivity index (χ0) is 15.0. The van der Waals surface area contributed by atoms with Gasteiger partial charge in [0, 0.05) is 31.0 Å². The normalized spacial score (nSPS) is 14.9. The molecule has 2 aromatic rings. The first-order chi connectivity index (χ1) is 10.1. The number of rotatable bonds is 3. The maximum Gasteiger partial charge on any atom is 0.254 e. The first-order valence-electron chi connectivity index (χ1n) is 6.72. The van der Waals surface area contributed by atoms with Gasteiger partial charge in [-0.25, -0.2) is 9.37 Å².